The van der Waals surface area contributed by atoms with E-state index < -0.39 is 0 Å². The molecule has 0 atom stereocenters. The number of carbonyl (C=O) groups excluding carboxylic acids is 1. The first kappa shape index (κ1) is 12.2. The second kappa shape index (κ2) is 4.91. The molecule has 0 radical (unpaired) electrons. The van der Waals surface area contributed by atoms with Crippen LogP contribution in [0.25, 0.3) is 0 Å². The Morgan fingerprint density at radius 3 is 3.12 bits per heavy atom. The molecule has 1 fully saturated rings. The first-order chi connectivity index (χ1) is 8.09. The molecule has 6 heteroatoms. The van der Waals surface area contributed by atoms with Crippen molar-refractivity contribution < 1.29 is 4.79 Å². The molecule has 1 aromatic rings. The number of hydrogen-bond donors (Lipinski definition) is 2. The molecular weight excluding hydrogens is 284 g/mol. The molecular formula is C11H15BrN4O. The van der Waals surface area contributed by atoms with E-state index in [4.69, 9.17) is 5.73 Å². The smallest absolute Gasteiger partial charge is 0.239 e. The van der Waals surface area contributed by atoms with Crippen molar-refractivity contribution in [2.24, 2.45) is 0 Å². The largest absolute Gasteiger partial charge is 0.397 e. The molecule has 2 rings (SSSR count). The van der Waals surface area contributed by atoms with Gasteiger partial charge in [0, 0.05) is 13.1 Å². The van der Waals surface area contributed by atoms with Crippen LogP contribution in [0, 0.1) is 6.92 Å². The van der Waals surface area contributed by atoms with E-state index >= 15 is 0 Å². The van der Waals surface area contributed by atoms with Crippen LogP contribution in [0.4, 0.5) is 11.5 Å². The molecule has 0 unspecified atom stereocenters. The van der Waals surface area contributed by atoms with E-state index in [9.17, 15) is 4.79 Å². The second-order valence-electron chi connectivity index (χ2n) is 4.10. The lowest BCUT2D eigenvalue weighted by molar-refractivity contribution is -0.119. The average Bonchev–Trinajstić information content (AvgIpc) is 2.51. The summed E-state index contributed by atoms with van der Waals surface area (Å²) in [4.78, 5) is 17.8. The zero-order valence-corrected chi connectivity index (χ0v) is 11.2. The Hall–Kier alpha value is -1.30. The summed E-state index contributed by atoms with van der Waals surface area (Å²) in [6.45, 7) is 3.81. The van der Waals surface area contributed by atoms with Crippen LogP contribution in [-0.2, 0) is 4.79 Å². The van der Waals surface area contributed by atoms with Crippen LogP contribution in [0.15, 0.2) is 10.7 Å². The summed E-state index contributed by atoms with van der Waals surface area (Å²) in [5.74, 6) is 0.819. The van der Waals surface area contributed by atoms with Crippen molar-refractivity contribution in [2.75, 3.05) is 30.3 Å². The van der Waals surface area contributed by atoms with Crippen molar-refractivity contribution in [1.82, 2.24) is 10.3 Å². The number of nitrogens with one attached hydrogen (secondary N) is 1. The van der Waals surface area contributed by atoms with Gasteiger partial charge in [0.25, 0.3) is 0 Å². The van der Waals surface area contributed by atoms with Gasteiger partial charge in [-0.1, -0.05) is 0 Å². The Kier molecular flexibility index (Phi) is 3.51. The summed E-state index contributed by atoms with van der Waals surface area (Å²) >= 11 is 3.50. The lowest BCUT2D eigenvalue weighted by atomic mass is 10.2. The molecule has 1 aliphatic rings. The highest BCUT2D eigenvalue weighted by atomic mass is 79.9. The number of nitrogens with zero attached hydrogens (tertiary/aromatic N) is 2. The number of halogens is 1. The zero-order valence-electron chi connectivity index (χ0n) is 9.66. The number of aromatic nitrogens is 1. The predicted octanol–water partition coefficient (Wildman–Crippen LogP) is 1.06. The van der Waals surface area contributed by atoms with Crippen molar-refractivity contribution in [3.8, 4) is 0 Å². The Labute approximate surface area is 109 Å². The SMILES string of the molecule is Cc1c(N)cnc(N2CCCNC(=O)C2)c1Br. The van der Waals surface area contributed by atoms with E-state index in [1.165, 1.54) is 0 Å². The summed E-state index contributed by atoms with van der Waals surface area (Å²) < 4.78 is 0.868. The highest BCUT2D eigenvalue weighted by molar-refractivity contribution is 9.10. The first-order valence-corrected chi connectivity index (χ1v) is 6.31. The minimum atomic E-state index is 0.0330. The fraction of sp³-hybridized carbons (Fsp3) is 0.455. The monoisotopic (exact) mass is 298 g/mol. The van der Waals surface area contributed by atoms with E-state index in [-0.39, 0.29) is 5.91 Å². The van der Waals surface area contributed by atoms with Crippen LogP contribution in [0.3, 0.4) is 0 Å². The number of rotatable bonds is 1. The minimum absolute atomic E-state index is 0.0330. The van der Waals surface area contributed by atoms with Crippen LogP contribution in [0.1, 0.15) is 12.0 Å². The average molecular weight is 299 g/mol. The van der Waals surface area contributed by atoms with Gasteiger partial charge in [-0.05, 0) is 34.8 Å². The minimum Gasteiger partial charge on any atom is -0.397 e. The first-order valence-electron chi connectivity index (χ1n) is 5.52. The molecule has 17 heavy (non-hydrogen) atoms. The quantitative estimate of drug-likeness (QED) is 0.813. The number of pyridine rings is 1. The maximum atomic E-state index is 11.5. The molecule has 0 aromatic carbocycles. The molecule has 1 amide bonds. The van der Waals surface area contributed by atoms with E-state index in [2.05, 4.69) is 26.2 Å². The van der Waals surface area contributed by atoms with E-state index in [0.29, 0.717) is 12.2 Å². The molecule has 3 N–H and O–H groups in total. The molecule has 92 valence electrons. The van der Waals surface area contributed by atoms with Crippen LogP contribution in [0.5, 0.6) is 0 Å². The topological polar surface area (TPSA) is 71.2 Å². The molecule has 0 aliphatic carbocycles. The van der Waals surface area contributed by atoms with Crippen LogP contribution < -0.4 is 16.0 Å². The highest BCUT2D eigenvalue weighted by Crippen LogP contribution is 2.30. The third-order valence-electron chi connectivity index (χ3n) is 2.85. The standard InChI is InChI=1S/C11H15BrN4O/c1-7-8(13)5-15-11(10(7)12)16-4-2-3-14-9(17)6-16/h5H,2-4,6,13H2,1H3,(H,14,17). The number of carbonyl (C=O) groups is 1. The van der Waals surface area contributed by atoms with Gasteiger partial charge in [-0.2, -0.15) is 0 Å². The summed E-state index contributed by atoms with van der Waals surface area (Å²) in [7, 11) is 0. The third-order valence-corrected chi connectivity index (χ3v) is 3.79. The molecule has 2 heterocycles. The molecule has 1 saturated heterocycles. The Balaban J connectivity index is 2.32. The number of amides is 1. The van der Waals surface area contributed by atoms with Crippen LogP contribution >= 0.6 is 15.9 Å². The number of hydrogen-bond acceptors (Lipinski definition) is 4. The normalized spacial score (nSPS) is 16.6. The van der Waals surface area contributed by atoms with Gasteiger partial charge in [0.05, 0.1) is 22.9 Å². The van der Waals surface area contributed by atoms with E-state index in [1.54, 1.807) is 6.20 Å². The molecule has 0 bridgehead atoms. The molecule has 1 aliphatic heterocycles. The van der Waals surface area contributed by atoms with Crippen molar-refractivity contribution in [2.45, 2.75) is 13.3 Å². The number of anilines is 2. The molecule has 0 spiro atoms. The van der Waals surface area contributed by atoms with Gasteiger partial charge in [0.15, 0.2) is 0 Å². The maximum Gasteiger partial charge on any atom is 0.239 e. The fourth-order valence-corrected chi connectivity index (χ4v) is 2.37. The summed E-state index contributed by atoms with van der Waals surface area (Å²) in [6.07, 6.45) is 2.56. The lowest BCUT2D eigenvalue weighted by Crippen LogP contribution is -2.33. The van der Waals surface area contributed by atoms with Crippen LogP contribution in [0.2, 0.25) is 0 Å². The number of nitrogens with two attached hydrogens (primary N) is 1. The molecule has 5 nitrogen and oxygen atoms in total. The Bertz CT molecular complexity index is 449. The summed E-state index contributed by atoms with van der Waals surface area (Å²) in [6, 6.07) is 0. The lowest BCUT2D eigenvalue weighted by Gasteiger charge is -2.22. The van der Waals surface area contributed by atoms with Gasteiger partial charge in [-0.3, -0.25) is 4.79 Å². The van der Waals surface area contributed by atoms with Crippen molar-refractivity contribution in [3.63, 3.8) is 0 Å². The summed E-state index contributed by atoms with van der Waals surface area (Å²) in [5.41, 5.74) is 7.40. The highest BCUT2D eigenvalue weighted by Gasteiger charge is 2.19. The van der Waals surface area contributed by atoms with Gasteiger partial charge in [-0.25, -0.2) is 4.98 Å². The van der Waals surface area contributed by atoms with E-state index in [0.717, 1.165) is 35.4 Å². The van der Waals surface area contributed by atoms with Crippen molar-refractivity contribution >= 4 is 33.3 Å². The van der Waals surface area contributed by atoms with E-state index in [1.807, 2.05) is 11.8 Å². The third kappa shape index (κ3) is 2.52. The van der Waals surface area contributed by atoms with Crippen molar-refractivity contribution in [1.29, 1.82) is 0 Å². The van der Waals surface area contributed by atoms with Gasteiger partial charge < -0.3 is 16.0 Å². The number of nitrogen functional groups attached to an aromatic ring is 1. The van der Waals surface area contributed by atoms with Gasteiger partial charge in [-0.15, -0.1) is 0 Å². The Morgan fingerprint density at radius 2 is 2.35 bits per heavy atom. The molecule has 0 saturated carbocycles. The van der Waals surface area contributed by atoms with Crippen LogP contribution in [-0.4, -0.2) is 30.5 Å². The fourth-order valence-electron chi connectivity index (χ4n) is 1.79. The Morgan fingerprint density at radius 1 is 1.59 bits per heavy atom. The second-order valence-corrected chi connectivity index (χ2v) is 4.89. The van der Waals surface area contributed by atoms with Gasteiger partial charge >= 0.3 is 0 Å². The van der Waals surface area contributed by atoms with Crippen molar-refractivity contribution in [3.05, 3.63) is 16.2 Å². The van der Waals surface area contributed by atoms with Gasteiger partial charge in [0.2, 0.25) is 5.91 Å². The zero-order chi connectivity index (χ0) is 12.4. The summed E-state index contributed by atoms with van der Waals surface area (Å²) in [5, 5.41) is 2.84. The molecule has 1 aromatic heterocycles. The van der Waals surface area contributed by atoms with Gasteiger partial charge in [0.1, 0.15) is 5.82 Å². The maximum absolute atomic E-state index is 11.5. The predicted molar refractivity (Wildman–Crippen MR) is 70.9 cm³/mol.